The zero-order valence-electron chi connectivity index (χ0n) is 32.1. The van der Waals surface area contributed by atoms with Crippen LogP contribution in [-0.2, 0) is 5.41 Å². The second-order valence-corrected chi connectivity index (χ2v) is 20.4. The van der Waals surface area contributed by atoms with E-state index in [0.29, 0.717) is 0 Å². The molecule has 0 radical (unpaired) electrons. The van der Waals surface area contributed by atoms with Gasteiger partial charge < -0.3 is 9.64 Å². The van der Waals surface area contributed by atoms with E-state index in [0.717, 1.165) is 17.2 Å². The largest absolute Gasteiger partial charge is 0.457 e. The van der Waals surface area contributed by atoms with Gasteiger partial charge in [-0.15, -0.1) is 0 Å². The molecule has 278 valence electrons. The highest BCUT2D eigenvalue weighted by molar-refractivity contribution is 7.99. The monoisotopic (exact) mass is 787 g/mol. The Morgan fingerprint density at radius 1 is 0.390 bits per heavy atom. The third-order valence-corrected chi connectivity index (χ3v) is 18.7. The number of anilines is 3. The molecule has 9 aromatic carbocycles. The number of benzene rings is 9. The van der Waals surface area contributed by atoms with E-state index in [-0.39, 0.29) is 0 Å². The summed E-state index contributed by atoms with van der Waals surface area (Å²) < 4.78 is 6.80. The molecule has 4 heteroatoms. The first-order chi connectivity index (χ1) is 29.3. The Hall–Kier alpha value is -6.85. The van der Waals surface area contributed by atoms with Crippen molar-refractivity contribution < 1.29 is 4.74 Å². The molecule has 2 nitrogen and oxygen atoms in total. The number of hydrogen-bond donors (Lipinski definition) is 0. The molecule has 3 aliphatic rings. The Kier molecular flexibility index (Phi) is 7.74. The Balaban J connectivity index is 1.14. The smallest absolute Gasteiger partial charge is 0.180 e. The van der Waals surface area contributed by atoms with Crippen molar-refractivity contribution in [1.29, 1.82) is 0 Å². The molecule has 0 amide bonds. The maximum atomic E-state index is 6.80. The summed E-state index contributed by atoms with van der Waals surface area (Å²) in [4.78, 5) is 4.92. The lowest BCUT2D eigenvalue weighted by atomic mass is 9.63. The minimum Gasteiger partial charge on any atom is -0.457 e. The molecule has 1 spiro atoms. The van der Waals surface area contributed by atoms with Crippen LogP contribution < -0.4 is 30.4 Å². The van der Waals surface area contributed by atoms with Crippen LogP contribution in [0.3, 0.4) is 0 Å². The summed E-state index contributed by atoms with van der Waals surface area (Å²) in [5, 5.41) is 5.56. The summed E-state index contributed by atoms with van der Waals surface area (Å²) in [7, 11) is -2.90. The average Bonchev–Trinajstić information content (AvgIpc) is 3.31. The van der Waals surface area contributed by atoms with Crippen molar-refractivity contribution in [1.82, 2.24) is 0 Å². The third-order valence-electron chi connectivity index (χ3n) is 12.7. The van der Waals surface area contributed by atoms with Gasteiger partial charge in [-0.2, -0.15) is 0 Å². The van der Waals surface area contributed by atoms with Crippen molar-refractivity contribution in [2.45, 2.75) is 15.2 Å². The second-order valence-electron chi connectivity index (χ2n) is 15.6. The lowest BCUT2D eigenvalue weighted by molar-refractivity contribution is 0.435. The van der Waals surface area contributed by atoms with E-state index in [1.807, 2.05) is 11.8 Å². The standard InChI is InChI=1S/C55H37NOSSi/c1-3-17-41(18-4-1)59(42-19-5-2-6-20-42)53-30-16-9-23-45(53)55(43-21-7-12-26-49(43)57-50-27-13-8-22-44(50)55)46-37-39(33-36-54(46)59)38-31-34-40(35-32-38)56-47-24-10-14-28-51(47)58-52-29-15-11-25-48(52)56/h1-37H. The highest BCUT2D eigenvalue weighted by atomic mass is 32.2. The minimum absolute atomic E-state index is 0.633. The summed E-state index contributed by atoms with van der Waals surface area (Å²) in [5.74, 6) is 1.80. The number of rotatable bonds is 4. The van der Waals surface area contributed by atoms with Crippen LogP contribution in [0.15, 0.2) is 234 Å². The highest BCUT2D eigenvalue weighted by Gasteiger charge is 2.57. The maximum Gasteiger partial charge on any atom is 0.180 e. The first-order valence-corrected chi connectivity index (χ1v) is 23.1. The normalized spacial score (nSPS) is 14.7. The molecule has 12 rings (SSSR count). The van der Waals surface area contributed by atoms with E-state index < -0.39 is 13.5 Å². The highest BCUT2D eigenvalue weighted by Crippen LogP contribution is 2.57. The molecule has 0 aliphatic carbocycles. The van der Waals surface area contributed by atoms with Crippen LogP contribution in [0.4, 0.5) is 17.1 Å². The molecule has 0 fully saturated rings. The first kappa shape index (κ1) is 34.2. The van der Waals surface area contributed by atoms with Crippen molar-refractivity contribution in [3.05, 3.63) is 247 Å². The summed E-state index contributed by atoms with van der Waals surface area (Å²) >= 11 is 1.84. The van der Waals surface area contributed by atoms with E-state index in [1.54, 1.807) is 0 Å². The van der Waals surface area contributed by atoms with Gasteiger partial charge in [0.05, 0.1) is 16.8 Å². The third kappa shape index (κ3) is 4.88. The van der Waals surface area contributed by atoms with Crippen molar-refractivity contribution in [3.8, 4) is 22.6 Å². The quantitative estimate of drug-likeness (QED) is 0.165. The van der Waals surface area contributed by atoms with E-state index in [4.69, 9.17) is 4.74 Å². The molecule has 0 N–H and O–H groups in total. The zero-order chi connectivity index (χ0) is 39.0. The number of para-hydroxylation sites is 4. The van der Waals surface area contributed by atoms with E-state index in [9.17, 15) is 0 Å². The van der Waals surface area contributed by atoms with Gasteiger partial charge in [0.25, 0.3) is 0 Å². The second kappa shape index (κ2) is 13.4. The van der Waals surface area contributed by atoms with Crippen molar-refractivity contribution in [3.63, 3.8) is 0 Å². The van der Waals surface area contributed by atoms with Crippen molar-refractivity contribution in [2.75, 3.05) is 4.90 Å². The first-order valence-electron chi connectivity index (χ1n) is 20.3. The molecule has 0 aromatic heterocycles. The van der Waals surface area contributed by atoms with Gasteiger partial charge in [-0.25, -0.2) is 0 Å². The fraction of sp³-hybridized carbons (Fsp3) is 0.0182. The lowest BCUT2D eigenvalue weighted by Gasteiger charge is -2.51. The van der Waals surface area contributed by atoms with Crippen molar-refractivity contribution in [2.24, 2.45) is 0 Å². The lowest BCUT2D eigenvalue weighted by Crippen LogP contribution is -2.79. The predicted molar refractivity (Wildman–Crippen MR) is 246 cm³/mol. The number of fused-ring (bicyclic) bond motifs is 10. The predicted octanol–water partition coefficient (Wildman–Crippen LogP) is 11.5. The van der Waals surface area contributed by atoms with Gasteiger partial charge in [0.2, 0.25) is 0 Å². The Morgan fingerprint density at radius 2 is 0.864 bits per heavy atom. The average molecular weight is 788 g/mol. The Bertz CT molecular complexity index is 2940. The van der Waals surface area contributed by atoms with Crippen LogP contribution in [0, 0.1) is 0 Å². The van der Waals surface area contributed by atoms with Crippen molar-refractivity contribution >= 4 is 57.6 Å². The van der Waals surface area contributed by atoms with Crippen LogP contribution in [-0.4, -0.2) is 8.07 Å². The van der Waals surface area contributed by atoms with Crippen LogP contribution in [0.25, 0.3) is 11.1 Å². The van der Waals surface area contributed by atoms with Gasteiger partial charge >= 0.3 is 0 Å². The van der Waals surface area contributed by atoms with E-state index in [2.05, 4.69) is 229 Å². The fourth-order valence-electron chi connectivity index (χ4n) is 10.3. The van der Waals surface area contributed by atoms with Crippen LogP contribution in [0.5, 0.6) is 11.5 Å². The van der Waals surface area contributed by atoms with Gasteiger partial charge in [0.1, 0.15) is 11.5 Å². The topological polar surface area (TPSA) is 12.5 Å². The molecule has 0 unspecified atom stereocenters. The molecule has 0 saturated heterocycles. The summed E-state index contributed by atoms with van der Waals surface area (Å²) in [5.41, 5.74) is 10.3. The molecular weight excluding hydrogens is 751 g/mol. The van der Waals surface area contributed by atoms with Gasteiger partial charge in [0, 0.05) is 26.6 Å². The maximum absolute atomic E-state index is 6.80. The van der Waals surface area contributed by atoms with Gasteiger partial charge in [-0.05, 0) is 97.6 Å². The molecule has 3 heterocycles. The summed E-state index contributed by atoms with van der Waals surface area (Å²) in [6.07, 6.45) is 0. The number of ether oxygens (including phenoxy) is 1. The summed E-state index contributed by atoms with van der Waals surface area (Å²) in [6.45, 7) is 0. The van der Waals surface area contributed by atoms with E-state index >= 15 is 0 Å². The van der Waals surface area contributed by atoms with Gasteiger partial charge in [-0.3, -0.25) is 0 Å². The molecule has 0 atom stereocenters. The zero-order valence-corrected chi connectivity index (χ0v) is 33.9. The molecule has 9 aromatic rings. The van der Waals surface area contributed by atoms with E-state index in [1.165, 1.54) is 75.3 Å². The molecule has 0 bridgehead atoms. The van der Waals surface area contributed by atoms with Gasteiger partial charge in [-0.1, -0.05) is 182 Å². The van der Waals surface area contributed by atoms with Crippen LogP contribution in [0.1, 0.15) is 22.3 Å². The SMILES string of the molecule is c1ccc([Si]2(c3ccccc3)c3ccccc3C3(c4ccccc4Oc4ccccc43)c3cc(-c4ccc(N5c6ccccc6Sc6ccccc65)cc4)ccc32)cc1. The molecule has 59 heavy (non-hydrogen) atoms. The Labute approximate surface area is 350 Å². The molecule has 3 aliphatic heterocycles. The van der Waals surface area contributed by atoms with Crippen LogP contribution in [0.2, 0.25) is 0 Å². The fourth-order valence-corrected chi connectivity index (χ4v) is 16.6. The van der Waals surface area contributed by atoms with Gasteiger partial charge in [0.15, 0.2) is 8.07 Å². The molecule has 0 saturated carbocycles. The Morgan fingerprint density at radius 3 is 1.47 bits per heavy atom. The minimum atomic E-state index is -2.90. The number of hydrogen-bond acceptors (Lipinski definition) is 3. The van der Waals surface area contributed by atoms with Crippen LogP contribution >= 0.6 is 11.8 Å². The molecular formula is C55H37NOSSi. The summed E-state index contributed by atoms with van der Waals surface area (Å²) in [6, 6.07) is 83.3. The number of nitrogens with zero attached hydrogens (tertiary/aromatic N) is 1.